The number of carbonyl (C=O) groups excluding carboxylic acids is 3. The summed E-state index contributed by atoms with van der Waals surface area (Å²) in [5.74, 6) is -0.773. The lowest BCUT2D eigenvalue weighted by molar-refractivity contribution is -0.140. The molecule has 15 heteroatoms. The Morgan fingerprint density at radius 1 is 1.10 bits per heavy atom. The van der Waals surface area contributed by atoms with Crippen LogP contribution in [0.2, 0.25) is 0 Å². The van der Waals surface area contributed by atoms with Crippen molar-refractivity contribution in [2.24, 2.45) is 5.92 Å². The lowest BCUT2D eigenvalue weighted by Gasteiger charge is -2.30. The number of amides is 3. The molecule has 4 aliphatic rings. The number of thiazole rings is 1. The zero-order valence-electron chi connectivity index (χ0n) is 34.7. The van der Waals surface area contributed by atoms with E-state index in [2.05, 4.69) is 29.2 Å². The molecule has 2 aromatic carbocycles. The number of aromatic nitrogens is 2. The van der Waals surface area contributed by atoms with Gasteiger partial charge in [-0.3, -0.25) is 19.1 Å². The molecule has 4 aromatic rings. The Balaban J connectivity index is 1.15. The summed E-state index contributed by atoms with van der Waals surface area (Å²) in [5, 5.41) is 10.7. The Morgan fingerprint density at radius 3 is 2.65 bits per heavy atom. The minimum Gasteiger partial charge on any atom is -0.496 e. The van der Waals surface area contributed by atoms with Crippen molar-refractivity contribution in [3.63, 3.8) is 0 Å². The first-order chi connectivity index (χ1) is 28.8. The topological polar surface area (TPSA) is 152 Å². The molecule has 0 radical (unpaired) electrons. The van der Waals surface area contributed by atoms with Crippen LogP contribution in [0.5, 0.6) is 11.6 Å². The van der Waals surface area contributed by atoms with Crippen molar-refractivity contribution in [1.82, 2.24) is 24.9 Å². The minimum atomic E-state index is -1.61. The molecule has 0 bridgehead atoms. The lowest BCUT2D eigenvalue weighted by Crippen LogP contribution is -2.57. The van der Waals surface area contributed by atoms with Crippen LogP contribution >= 0.6 is 11.3 Å². The molecule has 3 N–H and O–H groups in total. The van der Waals surface area contributed by atoms with Gasteiger partial charge in [-0.1, -0.05) is 44.9 Å². The number of pyridine rings is 1. The van der Waals surface area contributed by atoms with Crippen LogP contribution in [-0.2, 0) is 25.4 Å². The van der Waals surface area contributed by atoms with Crippen molar-refractivity contribution in [2.45, 2.75) is 120 Å². The highest BCUT2D eigenvalue weighted by Crippen LogP contribution is 2.47. The first-order valence-corrected chi connectivity index (χ1v) is 23.0. The molecule has 60 heavy (non-hydrogen) atoms. The van der Waals surface area contributed by atoms with Crippen molar-refractivity contribution >= 4 is 56.5 Å². The molecule has 3 fully saturated rings. The standard InChI is InChI=1S/C45H53FN6O6S2/c1-26(2)36-25-59-41(49-36)35-22-33-27(3)38(57-5)17-16-32(33)40(48-35)58-31-21-37-39(53)50-45(43(55)51-60(56)44(4)18-19-44)23-28(45)12-9-7-6-8-10-15-34(42(54)52(37)24-31)47-30-14-11-13-29(46)20-30/h9,11-14,16-17,20,22,25-26,28,31,34,37,47H,6-8,10,15,18-19,21,23-24H2,1-5H3,(H,50,53)(H,51,55)/b12-9-/t28?,31-,34+,37+,45-,60?/m1/s1. The third kappa shape index (κ3) is 8.52. The number of ether oxygens (including phenoxy) is 2. The van der Waals surface area contributed by atoms with Crippen LogP contribution in [0.15, 0.2) is 60.0 Å². The number of hydrogen-bond donors (Lipinski definition) is 3. The molecule has 2 unspecified atom stereocenters. The number of aryl methyl sites for hydroxylation is 1. The van der Waals surface area contributed by atoms with Crippen LogP contribution in [0.3, 0.4) is 0 Å². The van der Waals surface area contributed by atoms with Crippen LogP contribution in [0.1, 0.15) is 95.7 Å². The van der Waals surface area contributed by atoms with E-state index in [0.717, 1.165) is 65.6 Å². The zero-order valence-corrected chi connectivity index (χ0v) is 36.3. The second-order valence-electron chi connectivity index (χ2n) is 17.2. The second kappa shape index (κ2) is 16.9. The van der Waals surface area contributed by atoms with Crippen LogP contribution in [0.25, 0.3) is 21.5 Å². The summed E-state index contributed by atoms with van der Waals surface area (Å²) in [6.45, 7) is 8.09. The number of allylic oxidation sites excluding steroid dienone is 1. The second-order valence-corrected chi connectivity index (χ2v) is 19.8. The molecule has 2 aromatic heterocycles. The maximum Gasteiger partial charge on any atom is 0.258 e. The molecule has 2 aliphatic heterocycles. The summed E-state index contributed by atoms with van der Waals surface area (Å²) in [5.41, 5.74) is 1.63. The largest absolute Gasteiger partial charge is 0.496 e. The van der Waals surface area contributed by atoms with Crippen molar-refractivity contribution < 1.29 is 32.5 Å². The number of hydrogen-bond acceptors (Lipinski definition) is 10. The van der Waals surface area contributed by atoms with Gasteiger partial charge in [-0.25, -0.2) is 18.6 Å². The quantitative estimate of drug-likeness (QED) is 0.138. The van der Waals surface area contributed by atoms with Crippen LogP contribution in [-0.4, -0.2) is 78.9 Å². The third-order valence-electron chi connectivity index (χ3n) is 12.4. The number of methoxy groups -OCH3 is 1. The van der Waals surface area contributed by atoms with E-state index in [0.29, 0.717) is 35.9 Å². The van der Waals surface area contributed by atoms with Gasteiger partial charge in [0, 0.05) is 28.8 Å². The first kappa shape index (κ1) is 41.8. The highest BCUT2D eigenvalue weighted by molar-refractivity contribution is 7.85. The van der Waals surface area contributed by atoms with Crippen LogP contribution < -0.4 is 24.8 Å². The highest BCUT2D eigenvalue weighted by atomic mass is 32.2. The minimum absolute atomic E-state index is 0.0560. The SMILES string of the molecule is COc1ccc2c(O[C@@H]3C[C@H]4C(=O)N[C@]5(C(=O)NS(=O)C6(C)CC6)CC5/C=C\CCCCC[C@H](Nc5cccc(F)c5)C(=O)N4C3)nc(-c3nc(C(C)C)cs3)cc2c1C. The molecule has 4 heterocycles. The third-order valence-corrected chi connectivity index (χ3v) is 15.0. The van der Waals surface area contributed by atoms with E-state index in [1.807, 2.05) is 49.6 Å². The van der Waals surface area contributed by atoms with Gasteiger partial charge in [0.15, 0.2) is 0 Å². The predicted molar refractivity (Wildman–Crippen MR) is 232 cm³/mol. The molecule has 0 spiro atoms. The summed E-state index contributed by atoms with van der Waals surface area (Å²) in [6.07, 6.45) is 8.97. The van der Waals surface area contributed by atoms with Crippen molar-refractivity contribution in [3.8, 4) is 22.3 Å². The number of nitrogens with zero attached hydrogens (tertiary/aromatic N) is 3. The van der Waals surface area contributed by atoms with E-state index in [9.17, 15) is 23.0 Å². The number of halogens is 1. The molecule has 12 nitrogen and oxygen atoms in total. The highest BCUT2D eigenvalue weighted by Gasteiger charge is 2.62. The van der Waals surface area contributed by atoms with E-state index >= 15 is 0 Å². The van der Waals surface area contributed by atoms with E-state index in [4.69, 9.17) is 19.4 Å². The number of anilines is 1. The van der Waals surface area contributed by atoms with Crippen molar-refractivity contribution in [1.29, 1.82) is 0 Å². The summed E-state index contributed by atoms with van der Waals surface area (Å²) in [4.78, 5) is 55.0. The zero-order chi connectivity index (χ0) is 42.3. The maximum absolute atomic E-state index is 14.9. The fraction of sp³-hybridized carbons (Fsp3) is 0.489. The first-order valence-electron chi connectivity index (χ1n) is 20.9. The van der Waals surface area contributed by atoms with E-state index in [1.165, 1.54) is 28.4 Å². The molecular weight excluding hydrogens is 804 g/mol. The summed E-state index contributed by atoms with van der Waals surface area (Å²) in [6, 6.07) is 9.96. The number of fused-ring (bicyclic) bond motifs is 3. The van der Waals surface area contributed by atoms with Gasteiger partial charge in [-0.2, -0.15) is 0 Å². The summed E-state index contributed by atoms with van der Waals surface area (Å²) < 4.78 is 42.3. The van der Waals surface area contributed by atoms with Crippen molar-refractivity contribution in [2.75, 3.05) is 19.0 Å². The Bertz CT molecular complexity index is 2360. The molecule has 2 saturated carbocycles. The van der Waals surface area contributed by atoms with Gasteiger partial charge in [0.2, 0.25) is 17.7 Å². The van der Waals surface area contributed by atoms with Crippen LogP contribution in [0, 0.1) is 18.7 Å². The van der Waals surface area contributed by atoms with Gasteiger partial charge >= 0.3 is 0 Å². The Kier molecular flexibility index (Phi) is 11.8. The molecule has 8 rings (SSSR count). The van der Waals surface area contributed by atoms with Gasteiger partial charge in [0.05, 0.1) is 24.1 Å². The average Bonchev–Trinajstić information content (AvgIpc) is 3.98. The predicted octanol–water partition coefficient (Wildman–Crippen LogP) is 7.49. The number of carbonyl (C=O) groups is 3. The van der Waals surface area contributed by atoms with Crippen molar-refractivity contribution in [3.05, 3.63) is 77.1 Å². The molecule has 3 amide bonds. The van der Waals surface area contributed by atoms with E-state index in [1.54, 1.807) is 19.2 Å². The monoisotopic (exact) mass is 856 g/mol. The Hall–Kier alpha value is -4.89. The van der Waals surface area contributed by atoms with Gasteiger partial charge in [-0.15, -0.1) is 11.3 Å². The number of rotatable bonds is 10. The fourth-order valence-electron chi connectivity index (χ4n) is 8.27. The fourth-order valence-corrected chi connectivity index (χ4v) is 10.3. The Labute approximate surface area is 356 Å². The van der Waals surface area contributed by atoms with E-state index in [-0.39, 0.29) is 30.7 Å². The number of nitrogens with one attached hydrogen (secondary N) is 3. The molecule has 318 valence electrons. The smallest absolute Gasteiger partial charge is 0.258 e. The van der Waals surface area contributed by atoms with Gasteiger partial charge in [-0.05, 0) is 106 Å². The Morgan fingerprint density at radius 2 is 1.92 bits per heavy atom. The van der Waals surface area contributed by atoms with Crippen LogP contribution in [0.4, 0.5) is 10.1 Å². The average molecular weight is 857 g/mol. The summed E-state index contributed by atoms with van der Waals surface area (Å²) >= 11 is 1.50. The van der Waals surface area contributed by atoms with Gasteiger partial charge in [0.25, 0.3) is 5.91 Å². The normalized spacial score (nSPS) is 26.2. The van der Waals surface area contributed by atoms with Gasteiger partial charge in [0.1, 0.15) is 57.0 Å². The van der Waals surface area contributed by atoms with E-state index < -0.39 is 57.1 Å². The molecular formula is C45H53FN6O6S2. The molecule has 2 aliphatic carbocycles. The van der Waals surface area contributed by atoms with Gasteiger partial charge < -0.3 is 25.0 Å². The lowest BCUT2D eigenvalue weighted by atomic mass is 10.0. The maximum atomic E-state index is 14.9. The molecule has 6 atom stereocenters. The number of benzene rings is 2. The molecule has 1 saturated heterocycles. The summed E-state index contributed by atoms with van der Waals surface area (Å²) in [7, 11) is 0.0159.